The van der Waals surface area contributed by atoms with Gasteiger partial charge < -0.3 is 9.52 Å². The number of carboxylic acids is 1. The van der Waals surface area contributed by atoms with E-state index < -0.39 is 11.6 Å². The minimum atomic E-state index is -1.29. The predicted molar refractivity (Wildman–Crippen MR) is 84.6 cm³/mol. The number of benzene rings is 2. The Kier molecular flexibility index (Phi) is 3.47. The molecule has 0 atom stereocenters. The second-order valence-electron chi connectivity index (χ2n) is 4.95. The lowest BCUT2D eigenvalue weighted by atomic mass is 9.97. The highest BCUT2D eigenvalue weighted by atomic mass is 35.5. The molecule has 3 rings (SSSR count). The Bertz CT molecular complexity index is 939. The zero-order valence-electron chi connectivity index (χ0n) is 11.6. The van der Waals surface area contributed by atoms with Crippen LogP contribution in [0.1, 0.15) is 16.1 Å². The largest absolute Gasteiger partial charge is 0.475 e. The maximum Gasteiger partial charge on any atom is 0.372 e. The van der Waals surface area contributed by atoms with Crippen molar-refractivity contribution in [1.82, 2.24) is 0 Å². The molecule has 0 amide bonds. The minimum Gasteiger partial charge on any atom is -0.475 e. The lowest BCUT2D eigenvalue weighted by Crippen LogP contribution is -2.09. The summed E-state index contributed by atoms with van der Waals surface area (Å²) in [5, 5.41) is 10.5. The van der Waals surface area contributed by atoms with E-state index in [4.69, 9.17) is 16.0 Å². The smallest absolute Gasteiger partial charge is 0.372 e. The molecule has 0 aliphatic rings. The zero-order chi connectivity index (χ0) is 15.9. The van der Waals surface area contributed by atoms with Crippen molar-refractivity contribution < 1.29 is 14.3 Å². The fourth-order valence-electron chi connectivity index (χ4n) is 2.38. The van der Waals surface area contributed by atoms with Crippen LogP contribution in [0, 0.1) is 6.92 Å². The first-order valence-corrected chi connectivity index (χ1v) is 6.92. The SMILES string of the molecule is Cc1ccc(-c2c(C(=O)O)oc(=O)c3cc(Cl)ccc23)cc1. The average Bonchev–Trinajstić information content (AvgIpc) is 2.48. The monoisotopic (exact) mass is 314 g/mol. The quantitative estimate of drug-likeness (QED) is 0.772. The van der Waals surface area contributed by atoms with Crippen LogP contribution in [0.3, 0.4) is 0 Å². The zero-order valence-corrected chi connectivity index (χ0v) is 12.3. The van der Waals surface area contributed by atoms with E-state index in [1.165, 1.54) is 6.07 Å². The number of rotatable bonds is 2. The normalized spacial score (nSPS) is 10.8. The van der Waals surface area contributed by atoms with Crippen molar-refractivity contribution in [1.29, 1.82) is 0 Å². The van der Waals surface area contributed by atoms with E-state index in [1.54, 1.807) is 24.3 Å². The molecule has 1 heterocycles. The molecular formula is C17H11ClO4. The first kappa shape index (κ1) is 14.4. The van der Waals surface area contributed by atoms with Crippen LogP contribution in [0.5, 0.6) is 0 Å². The van der Waals surface area contributed by atoms with Gasteiger partial charge in [0.1, 0.15) is 0 Å². The van der Waals surface area contributed by atoms with Crippen molar-refractivity contribution in [3.63, 3.8) is 0 Å². The van der Waals surface area contributed by atoms with Gasteiger partial charge in [-0.05, 0) is 24.6 Å². The van der Waals surface area contributed by atoms with Gasteiger partial charge in [-0.1, -0.05) is 47.5 Å². The molecule has 110 valence electrons. The number of hydrogen-bond acceptors (Lipinski definition) is 3. The van der Waals surface area contributed by atoms with E-state index in [-0.39, 0.29) is 11.1 Å². The Morgan fingerprint density at radius 2 is 1.77 bits per heavy atom. The third-order valence-electron chi connectivity index (χ3n) is 3.43. The van der Waals surface area contributed by atoms with Gasteiger partial charge in [-0.3, -0.25) is 0 Å². The van der Waals surface area contributed by atoms with E-state index >= 15 is 0 Å². The Morgan fingerprint density at radius 3 is 2.41 bits per heavy atom. The number of carbonyl (C=O) groups is 1. The van der Waals surface area contributed by atoms with Gasteiger partial charge in [0.25, 0.3) is 0 Å². The van der Waals surface area contributed by atoms with Gasteiger partial charge in [-0.15, -0.1) is 0 Å². The van der Waals surface area contributed by atoms with Crippen molar-refractivity contribution in [2.24, 2.45) is 0 Å². The number of aryl methyl sites for hydroxylation is 1. The Morgan fingerprint density at radius 1 is 1.09 bits per heavy atom. The van der Waals surface area contributed by atoms with Gasteiger partial charge in [-0.25, -0.2) is 9.59 Å². The molecule has 1 N–H and O–H groups in total. The molecule has 0 fully saturated rings. The van der Waals surface area contributed by atoms with E-state index in [0.29, 0.717) is 21.5 Å². The Balaban J connectivity index is 2.46. The topological polar surface area (TPSA) is 67.5 Å². The average molecular weight is 315 g/mol. The van der Waals surface area contributed by atoms with Crippen LogP contribution in [-0.4, -0.2) is 11.1 Å². The standard InChI is InChI=1S/C17H11ClO4/c1-9-2-4-10(5-3-9)14-12-7-6-11(18)8-13(12)17(21)22-15(14)16(19)20/h2-8H,1H3,(H,19,20). The summed E-state index contributed by atoms with van der Waals surface area (Å²) in [4.78, 5) is 23.5. The van der Waals surface area contributed by atoms with Crippen LogP contribution < -0.4 is 5.63 Å². The Hall–Kier alpha value is -2.59. The van der Waals surface area contributed by atoms with Gasteiger partial charge in [-0.2, -0.15) is 0 Å². The van der Waals surface area contributed by atoms with Crippen LogP contribution in [0.25, 0.3) is 21.9 Å². The van der Waals surface area contributed by atoms with Crippen LogP contribution in [0.2, 0.25) is 5.02 Å². The van der Waals surface area contributed by atoms with Crippen molar-refractivity contribution in [2.75, 3.05) is 0 Å². The lowest BCUT2D eigenvalue weighted by Gasteiger charge is -2.09. The lowest BCUT2D eigenvalue weighted by molar-refractivity contribution is 0.0659. The van der Waals surface area contributed by atoms with Gasteiger partial charge >= 0.3 is 11.6 Å². The number of halogens is 1. The predicted octanol–water partition coefficient (Wildman–Crippen LogP) is 4.12. The van der Waals surface area contributed by atoms with Crippen molar-refractivity contribution >= 4 is 28.3 Å². The number of fused-ring (bicyclic) bond motifs is 1. The molecule has 0 aliphatic carbocycles. The molecule has 0 unspecified atom stereocenters. The van der Waals surface area contributed by atoms with Gasteiger partial charge in [0.2, 0.25) is 5.76 Å². The number of carboxylic acid groups (broad SMARTS) is 1. The molecule has 0 bridgehead atoms. The molecule has 0 aliphatic heterocycles. The van der Waals surface area contributed by atoms with Crippen molar-refractivity contribution in [3.8, 4) is 11.1 Å². The first-order chi connectivity index (χ1) is 10.5. The second-order valence-corrected chi connectivity index (χ2v) is 5.39. The summed E-state index contributed by atoms with van der Waals surface area (Å²) in [5.41, 5.74) is 1.37. The highest BCUT2D eigenvalue weighted by Gasteiger charge is 2.20. The molecule has 4 nitrogen and oxygen atoms in total. The summed E-state index contributed by atoms with van der Waals surface area (Å²) in [6, 6.07) is 12.1. The highest BCUT2D eigenvalue weighted by Crippen LogP contribution is 2.32. The molecule has 0 spiro atoms. The maximum absolute atomic E-state index is 12.0. The van der Waals surface area contributed by atoms with Gasteiger partial charge in [0.05, 0.1) is 5.39 Å². The molecule has 0 saturated heterocycles. The van der Waals surface area contributed by atoms with E-state index in [1.807, 2.05) is 19.1 Å². The summed E-state index contributed by atoms with van der Waals surface area (Å²) >= 11 is 5.92. The second kappa shape index (κ2) is 5.31. The van der Waals surface area contributed by atoms with Crippen LogP contribution in [-0.2, 0) is 0 Å². The first-order valence-electron chi connectivity index (χ1n) is 6.54. The number of hydrogen-bond donors (Lipinski definition) is 1. The van der Waals surface area contributed by atoms with Crippen LogP contribution >= 0.6 is 11.6 Å². The van der Waals surface area contributed by atoms with E-state index in [0.717, 1.165) is 5.56 Å². The molecule has 1 aromatic heterocycles. The van der Waals surface area contributed by atoms with E-state index in [2.05, 4.69) is 0 Å². The third-order valence-corrected chi connectivity index (χ3v) is 3.66. The summed E-state index contributed by atoms with van der Waals surface area (Å²) in [6.45, 7) is 1.94. The van der Waals surface area contributed by atoms with E-state index in [9.17, 15) is 14.7 Å². The molecular weight excluding hydrogens is 304 g/mol. The molecule has 2 aromatic carbocycles. The molecule has 22 heavy (non-hydrogen) atoms. The van der Waals surface area contributed by atoms with Crippen molar-refractivity contribution in [2.45, 2.75) is 6.92 Å². The minimum absolute atomic E-state index is 0.257. The summed E-state index contributed by atoms with van der Waals surface area (Å²) in [7, 11) is 0. The maximum atomic E-state index is 12.0. The fraction of sp³-hybridized carbons (Fsp3) is 0.0588. The molecule has 0 radical (unpaired) electrons. The Labute approximate surface area is 130 Å². The molecule has 0 saturated carbocycles. The summed E-state index contributed by atoms with van der Waals surface area (Å²) < 4.78 is 5.01. The highest BCUT2D eigenvalue weighted by molar-refractivity contribution is 6.31. The summed E-state index contributed by atoms with van der Waals surface area (Å²) in [5.74, 6) is -1.66. The fourth-order valence-corrected chi connectivity index (χ4v) is 2.55. The van der Waals surface area contributed by atoms with Gasteiger partial charge in [0.15, 0.2) is 0 Å². The van der Waals surface area contributed by atoms with Crippen LogP contribution in [0.15, 0.2) is 51.7 Å². The van der Waals surface area contributed by atoms with Gasteiger partial charge in [0, 0.05) is 16.0 Å². The number of aromatic carboxylic acids is 1. The summed E-state index contributed by atoms with van der Waals surface area (Å²) in [6.07, 6.45) is 0. The molecule has 5 heteroatoms. The molecule has 3 aromatic rings. The van der Waals surface area contributed by atoms with Crippen molar-refractivity contribution in [3.05, 3.63) is 69.2 Å². The third kappa shape index (κ3) is 2.38. The van der Waals surface area contributed by atoms with Crippen LogP contribution in [0.4, 0.5) is 0 Å².